The molecular formula is C20H24ClN3O3. The van der Waals surface area contributed by atoms with Crippen molar-refractivity contribution in [3.8, 4) is 22.8 Å². The fraction of sp³-hybridized carbons (Fsp3) is 0.250. The zero-order valence-electron chi connectivity index (χ0n) is 15.3. The number of methoxy groups -OCH3 is 2. The molecule has 0 saturated heterocycles. The minimum Gasteiger partial charge on any atom is -0.497 e. The first-order valence-corrected chi connectivity index (χ1v) is 8.40. The SMILES string of the molecule is COc1ccc(-c2cc(NC[C@@H](O)CN)c3ccc(OC)cc3n2)cc1.Cl. The molecule has 0 aliphatic heterocycles. The van der Waals surface area contributed by atoms with Crippen LogP contribution in [0.3, 0.4) is 0 Å². The Bertz CT molecular complexity index is 888. The van der Waals surface area contributed by atoms with Crippen molar-refractivity contribution >= 4 is 29.0 Å². The van der Waals surface area contributed by atoms with E-state index in [0.29, 0.717) is 6.54 Å². The summed E-state index contributed by atoms with van der Waals surface area (Å²) < 4.78 is 10.5. The summed E-state index contributed by atoms with van der Waals surface area (Å²) >= 11 is 0. The van der Waals surface area contributed by atoms with Crippen LogP contribution in [-0.2, 0) is 0 Å². The lowest BCUT2D eigenvalue weighted by atomic mass is 10.1. The van der Waals surface area contributed by atoms with E-state index < -0.39 is 6.10 Å². The number of fused-ring (bicyclic) bond motifs is 1. The largest absolute Gasteiger partial charge is 0.497 e. The molecule has 0 aliphatic carbocycles. The number of pyridine rings is 1. The first-order valence-electron chi connectivity index (χ1n) is 8.40. The number of benzene rings is 2. The molecule has 1 heterocycles. The first kappa shape index (κ1) is 20.8. The zero-order chi connectivity index (χ0) is 18.5. The molecule has 0 radical (unpaired) electrons. The van der Waals surface area contributed by atoms with Crippen molar-refractivity contribution in [2.45, 2.75) is 6.10 Å². The van der Waals surface area contributed by atoms with Crippen molar-refractivity contribution in [2.75, 3.05) is 32.6 Å². The number of anilines is 1. The predicted molar refractivity (Wildman–Crippen MR) is 111 cm³/mol. The molecule has 0 aliphatic rings. The molecule has 0 bridgehead atoms. The van der Waals surface area contributed by atoms with Gasteiger partial charge in [0.15, 0.2) is 0 Å². The summed E-state index contributed by atoms with van der Waals surface area (Å²) in [5.41, 5.74) is 8.99. The molecule has 6 nitrogen and oxygen atoms in total. The van der Waals surface area contributed by atoms with E-state index >= 15 is 0 Å². The Morgan fingerprint density at radius 2 is 1.70 bits per heavy atom. The second-order valence-electron chi connectivity index (χ2n) is 5.94. The molecule has 0 unspecified atom stereocenters. The predicted octanol–water partition coefficient (Wildman–Crippen LogP) is 3.07. The summed E-state index contributed by atoms with van der Waals surface area (Å²) in [7, 11) is 3.27. The van der Waals surface area contributed by atoms with Gasteiger partial charge in [-0.25, -0.2) is 4.98 Å². The van der Waals surface area contributed by atoms with Crippen LogP contribution in [0, 0.1) is 0 Å². The molecule has 3 rings (SSSR count). The van der Waals surface area contributed by atoms with E-state index in [9.17, 15) is 5.11 Å². The summed E-state index contributed by atoms with van der Waals surface area (Å²) in [6.07, 6.45) is -0.610. The van der Waals surface area contributed by atoms with Crippen LogP contribution in [-0.4, -0.2) is 43.5 Å². The van der Waals surface area contributed by atoms with Crippen LogP contribution in [0.1, 0.15) is 0 Å². The Hall–Kier alpha value is -2.54. The van der Waals surface area contributed by atoms with Crippen LogP contribution in [0.4, 0.5) is 5.69 Å². The number of nitrogens with two attached hydrogens (primary N) is 1. The average Bonchev–Trinajstić information content (AvgIpc) is 2.70. The lowest BCUT2D eigenvalue weighted by Gasteiger charge is -2.15. The first-order chi connectivity index (χ1) is 12.6. The Morgan fingerprint density at radius 1 is 1.04 bits per heavy atom. The van der Waals surface area contributed by atoms with Gasteiger partial charge in [-0.05, 0) is 42.5 Å². The van der Waals surface area contributed by atoms with Crippen LogP contribution in [0.25, 0.3) is 22.2 Å². The molecule has 0 spiro atoms. The highest BCUT2D eigenvalue weighted by atomic mass is 35.5. The minimum absolute atomic E-state index is 0. The number of nitrogens with zero attached hydrogens (tertiary/aromatic N) is 1. The molecule has 0 fully saturated rings. The van der Waals surface area contributed by atoms with E-state index in [4.69, 9.17) is 20.2 Å². The second-order valence-corrected chi connectivity index (χ2v) is 5.94. The number of aliphatic hydroxyl groups excluding tert-OH is 1. The maximum atomic E-state index is 9.78. The Balaban J connectivity index is 0.00000261. The van der Waals surface area contributed by atoms with Crippen LogP contribution < -0.4 is 20.5 Å². The van der Waals surface area contributed by atoms with E-state index in [1.807, 2.05) is 48.5 Å². The number of aromatic nitrogens is 1. The van der Waals surface area contributed by atoms with Gasteiger partial charge in [0.05, 0.1) is 31.5 Å². The van der Waals surface area contributed by atoms with Gasteiger partial charge in [0.1, 0.15) is 11.5 Å². The van der Waals surface area contributed by atoms with Gasteiger partial charge in [-0.15, -0.1) is 12.4 Å². The summed E-state index contributed by atoms with van der Waals surface area (Å²) in [4.78, 5) is 4.77. The Morgan fingerprint density at radius 3 is 2.33 bits per heavy atom. The standard InChI is InChI=1S/C20H23N3O3.ClH/c1-25-15-5-3-13(4-6-15)18-10-19(22-12-14(24)11-21)17-8-7-16(26-2)9-20(17)23-18;/h3-10,14,24H,11-12,21H2,1-2H3,(H,22,23);1H/t14-;/m0./s1. The zero-order valence-corrected chi connectivity index (χ0v) is 16.1. The Labute approximate surface area is 164 Å². The molecule has 2 aromatic carbocycles. The summed E-state index contributed by atoms with van der Waals surface area (Å²) in [6, 6.07) is 15.4. The van der Waals surface area contributed by atoms with Gasteiger partial charge in [0, 0.05) is 35.8 Å². The molecule has 4 N–H and O–H groups in total. The van der Waals surface area contributed by atoms with Crippen LogP contribution in [0.5, 0.6) is 11.5 Å². The van der Waals surface area contributed by atoms with Crippen LogP contribution in [0.15, 0.2) is 48.5 Å². The topological polar surface area (TPSA) is 89.6 Å². The molecule has 144 valence electrons. The number of ether oxygens (including phenoxy) is 2. The third-order valence-electron chi connectivity index (χ3n) is 4.20. The minimum atomic E-state index is -0.610. The molecule has 0 amide bonds. The molecular weight excluding hydrogens is 366 g/mol. The highest BCUT2D eigenvalue weighted by Gasteiger charge is 2.10. The van der Waals surface area contributed by atoms with E-state index in [2.05, 4.69) is 5.32 Å². The molecule has 0 saturated carbocycles. The van der Waals surface area contributed by atoms with Crippen molar-refractivity contribution in [2.24, 2.45) is 5.73 Å². The third kappa shape index (κ3) is 4.80. The average molecular weight is 390 g/mol. The number of hydrogen-bond donors (Lipinski definition) is 3. The van der Waals surface area contributed by atoms with Gasteiger partial charge in [0.25, 0.3) is 0 Å². The number of aliphatic hydroxyl groups is 1. The monoisotopic (exact) mass is 389 g/mol. The van der Waals surface area contributed by atoms with Crippen LogP contribution in [0.2, 0.25) is 0 Å². The molecule has 27 heavy (non-hydrogen) atoms. The molecule has 7 heteroatoms. The van der Waals surface area contributed by atoms with E-state index in [-0.39, 0.29) is 19.0 Å². The number of rotatable bonds is 7. The summed E-state index contributed by atoms with van der Waals surface area (Å²) in [6.45, 7) is 0.568. The maximum absolute atomic E-state index is 9.78. The van der Waals surface area contributed by atoms with E-state index in [1.165, 1.54) is 0 Å². The third-order valence-corrected chi connectivity index (χ3v) is 4.20. The smallest absolute Gasteiger partial charge is 0.121 e. The summed E-state index contributed by atoms with van der Waals surface area (Å²) in [5, 5.41) is 14.0. The molecule has 3 aromatic rings. The quantitative estimate of drug-likeness (QED) is 0.575. The summed E-state index contributed by atoms with van der Waals surface area (Å²) in [5.74, 6) is 1.53. The molecule has 1 aromatic heterocycles. The maximum Gasteiger partial charge on any atom is 0.121 e. The fourth-order valence-corrected chi connectivity index (χ4v) is 2.70. The van der Waals surface area contributed by atoms with Crippen molar-refractivity contribution in [3.63, 3.8) is 0 Å². The normalized spacial score (nSPS) is 11.6. The number of hydrogen-bond acceptors (Lipinski definition) is 6. The second kappa shape index (κ2) is 9.41. The Kier molecular flexibility index (Phi) is 7.24. The van der Waals surface area contributed by atoms with Gasteiger partial charge < -0.3 is 25.6 Å². The number of halogens is 1. The van der Waals surface area contributed by atoms with Crippen molar-refractivity contribution in [1.29, 1.82) is 0 Å². The van der Waals surface area contributed by atoms with Gasteiger partial charge in [-0.3, -0.25) is 0 Å². The highest BCUT2D eigenvalue weighted by molar-refractivity contribution is 5.94. The van der Waals surface area contributed by atoms with Gasteiger partial charge in [-0.2, -0.15) is 0 Å². The van der Waals surface area contributed by atoms with E-state index in [0.717, 1.165) is 39.3 Å². The van der Waals surface area contributed by atoms with Gasteiger partial charge >= 0.3 is 0 Å². The molecule has 1 atom stereocenters. The van der Waals surface area contributed by atoms with Crippen molar-refractivity contribution in [3.05, 3.63) is 48.5 Å². The van der Waals surface area contributed by atoms with Gasteiger partial charge in [-0.1, -0.05) is 0 Å². The number of nitrogens with one attached hydrogen (secondary N) is 1. The highest BCUT2D eigenvalue weighted by Crippen LogP contribution is 2.31. The lowest BCUT2D eigenvalue weighted by Crippen LogP contribution is -2.27. The lowest BCUT2D eigenvalue weighted by molar-refractivity contribution is 0.196. The van der Waals surface area contributed by atoms with E-state index in [1.54, 1.807) is 14.2 Å². The van der Waals surface area contributed by atoms with Crippen LogP contribution >= 0.6 is 12.4 Å². The van der Waals surface area contributed by atoms with Crippen molar-refractivity contribution < 1.29 is 14.6 Å². The van der Waals surface area contributed by atoms with Crippen molar-refractivity contribution in [1.82, 2.24) is 4.98 Å². The fourth-order valence-electron chi connectivity index (χ4n) is 2.70. The van der Waals surface area contributed by atoms with Gasteiger partial charge in [0.2, 0.25) is 0 Å².